The van der Waals surface area contributed by atoms with Gasteiger partial charge in [-0.05, 0) is 50.7 Å². The Balaban J connectivity index is 1.44. The van der Waals surface area contributed by atoms with Crippen molar-refractivity contribution in [1.82, 2.24) is 29.7 Å². The molecule has 2 aliphatic carbocycles. The zero-order valence-corrected chi connectivity index (χ0v) is 19.4. The highest BCUT2D eigenvalue weighted by atomic mass is 35.5. The number of pyridine rings is 1. The Kier molecular flexibility index (Phi) is 5.68. The fraction of sp³-hybridized carbons (Fsp3) is 0.476. The molecule has 0 amide bonds. The van der Waals surface area contributed by atoms with E-state index in [1.54, 1.807) is 13.3 Å². The third-order valence-corrected chi connectivity index (χ3v) is 7.71. The van der Waals surface area contributed by atoms with Crippen LogP contribution in [-0.2, 0) is 21.3 Å². The van der Waals surface area contributed by atoms with Gasteiger partial charge in [-0.2, -0.15) is 0 Å². The van der Waals surface area contributed by atoms with Crippen LogP contribution in [0, 0.1) is 5.92 Å². The monoisotopic (exact) mass is 473 g/mol. The molecule has 9 nitrogen and oxygen atoms in total. The molecule has 168 valence electrons. The summed E-state index contributed by atoms with van der Waals surface area (Å²) in [6.07, 6.45) is 8.68. The lowest BCUT2D eigenvalue weighted by atomic mass is 10.1. The van der Waals surface area contributed by atoms with Crippen LogP contribution in [0.5, 0.6) is 0 Å². The molecular weight excluding hydrogens is 450 g/mol. The van der Waals surface area contributed by atoms with Crippen LogP contribution in [0.4, 0.5) is 5.95 Å². The average Bonchev–Trinajstić information content (AvgIpc) is 3.73. The van der Waals surface area contributed by atoms with Crippen LogP contribution in [0.1, 0.15) is 44.5 Å². The molecule has 32 heavy (non-hydrogen) atoms. The van der Waals surface area contributed by atoms with Gasteiger partial charge in [-0.25, -0.2) is 14.2 Å². The van der Waals surface area contributed by atoms with Gasteiger partial charge < -0.3 is 4.74 Å². The van der Waals surface area contributed by atoms with Gasteiger partial charge in [-0.15, -0.1) is 10.2 Å². The molecule has 3 atom stereocenters. The largest absolute Gasteiger partial charge is 0.372 e. The van der Waals surface area contributed by atoms with Crippen LogP contribution in [0.2, 0.25) is 5.02 Å². The second kappa shape index (κ2) is 8.49. The van der Waals surface area contributed by atoms with Gasteiger partial charge in [-0.3, -0.25) is 14.3 Å². The zero-order chi connectivity index (χ0) is 22.3. The van der Waals surface area contributed by atoms with Gasteiger partial charge in [0.1, 0.15) is 22.8 Å². The molecule has 2 saturated carbocycles. The number of anilines is 1. The van der Waals surface area contributed by atoms with Crippen molar-refractivity contribution in [2.45, 2.75) is 49.5 Å². The van der Waals surface area contributed by atoms with Crippen molar-refractivity contribution in [2.75, 3.05) is 11.8 Å². The van der Waals surface area contributed by atoms with Crippen LogP contribution < -0.4 is 4.72 Å². The van der Waals surface area contributed by atoms with Gasteiger partial charge in [0, 0.05) is 25.7 Å². The molecule has 3 heterocycles. The molecule has 0 aromatic carbocycles. The van der Waals surface area contributed by atoms with E-state index in [0.29, 0.717) is 28.5 Å². The van der Waals surface area contributed by atoms with E-state index in [1.807, 2.05) is 25.1 Å². The number of hydrogen-bond donors (Lipinski definition) is 1. The first-order valence-corrected chi connectivity index (χ1v) is 12.2. The molecule has 2 fully saturated rings. The van der Waals surface area contributed by atoms with Gasteiger partial charge in [0.2, 0.25) is 5.95 Å². The summed E-state index contributed by atoms with van der Waals surface area (Å²) in [6.45, 7) is 1.82. The summed E-state index contributed by atoms with van der Waals surface area (Å²) in [7, 11) is 0.00946. The van der Waals surface area contributed by atoms with Crippen LogP contribution in [0.15, 0.2) is 36.8 Å². The third kappa shape index (κ3) is 3.91. The minimum absolute atomic E-state index is 0.0218. The van der Waals surface area contributed by atoms with E-state index in [1.165, 1.54) is 25.2 Å². The summed E-state index contributed by atoms with van der Waals surface area (Å²) in [5.41, 5.74) is 0.731. The topological polar surface area (TPSA) is 108 Å². The smallest absolute Gasteiger partial charge is 0.237 e. The van der Waals surface area contributed by atoms with Crippen molar-refractivity contribution in [2.24, 2.45) is 5.92 Å². The lowest BCUT2D eigenvalue weighted by Crippen LogP contribution is -2.30. The Morgan fingerprint density at radius 2 is 1.97 bits per heavy atom. The van der Waals surface area contributed by atoms with E-state index < -0.39 is 22.3 Å². The maximum Gasteiger partial charge on any atom is 0.237 e. The number of rotatable bonds is 9. The summed E-state index contributed by atoms with van der Waals surface area (Å²) in [5.74, 6) is 2.21. The lowest BCUT2D eigenvalue weighted by Gasteiger charge is -2.24. The third-order valence-electron chi connectivity index (χ3n) is 6.21. The molecule has 0 spiro atoms. The van der Waals surface area contributed by atoms with Crippen LogP contribution in [0.25, 0.3) is 11.5 Å². The van der Waals surface area contributed by atoms with Crippen molar-refractivity contribution in [1.29, 1.82) is 0 Å². The lowest BCUT2D eigenvalue weighted by molar-refractivity contribution is 0.0961. The van der Waals surface area contributed by atoms with E-state index in [0.717, 1.165) is 18.5 Å². The molecule has 3 aromatic rings. The highest BCUT2D eigenvalue weighted by Gasteiger charge is 2.57. The Hall–Kier alpha value is -2.43. The fourth-order valence-corrected chi connectivity index (χ4v) is 5.32. The van der Waals surface area contributed by atoms with Crippen molar-refractivity contribution < 1.29 is 8.95 Å². The SMILES string of the molecule is COC(c1ncc(Cl)cn1)[C@H](C)S(=O)Nc1nnc(-c2ccccn2)n1C1(C2CC2)CC1. The molecule has 5 rings (SSSR count). The second-order valence-corrected chi connectivity index (χ2v) is 10.3. The fourth-order valence-electron chi connectivity index (χ4n) is 4.27. The van der Waals surface area contributed by atoms with Gasteiger partial charge in [0.05, 0.1) is 15.8 Å². The number of nitrogens with zero attached hydrogens (tertiary/aromatic N) is 6. The first-order chi connectivity index (χ1) is 15.5. The second-order valence-electron chi connectivity index (χ2n) is 8.30. The number of hydrogen-bond acceptors (Lipinski definition) is 7. The summed E-state index contributed by atoms with van der Waals surface area (Å²) in [6, 6.07) is 5.73. The molecule has 11 heteroatoms. The molecule has 0 saturated heterocycles. The van der Waals surface area contributed by atoms with Crippen molar-refractivity contribution in [3.63, 3.8) is 0 Å². The van der Waals surface area contributed by atoms with Crippen LogP contribution in [-0.4, -0.2) is 46.3 Å². The molecular formula is C21H24ClN7O2S. The highest BCUT2D eigenvalue weighted by molar-refractivity contribution is 7.87. The van der Waals surface area contributed by atoms with Gasteiger partial charge in [-0.1, -0.05) is 17.7 Å². The predicted molar refractivity (Wildman–Crippen MR) is 121 cm³/mol. The minimum atomic E-state index is -1.54. The number of ether oxygens (including phenoxy) is 1. The number of methoxy groups -OCH3 is 1. The molecule has 0 bridgehead atoms. The standard InChI is InChI=1S/C21H24ClN7O2S/c1-13(17(31-2)18-24-11-15(22)12-25-18)32(30)28-20-27-26-19(16-5-3-4-10-23-16)29(20)21(8-9-21)14-6-7-14/h3-5,10-14,17H,6-9H2,1-2H3,(H,27,28)/t13-,17?,32?/m0/s1. The number of halogens is 1. The van der Waals surface area contributed by atoms with E-state index >= 15 is 0 Å². The van der Waals surface area contributed by atoms with E-state index in [-0.39, 0.29) is 5.54 Å². The maximum absolute atomic E-state index is 13.3. The van der Waals surface area contributed by atoms with Crippen LogP contribution >= 0.6 is 11.6 Å². The molecule has 0 radical (unpaired) electrons. The Morgan fingerprint density at radius 3 is 2.56 bits per heavy atom. The van der Waals surface area contributed by atoms with Crippen molar-refractivity contribution in [3.8, 4) is 11.5 Å². The number of aromatic nitrogens is 6. The Labute approximate surface area is 193 Å². The normalized spacial score (nSPS) is 19.8. The van der Waals surface area contributed by atoms with Crippen LogP contribution in [0.3, 0.4) is 0 Å². The first kappa shape index (κ1) is 21.4. The van der Waals surface area contributed by atoms with Gasteiger partial charge >= 0.3 is 0 Å². The summed E-state index contributed by atoms with van der Waals surface area (Å²) >= 11 is 5.90. The van der Waals surface area contributed by atoms with E-state index in [2.05, 4.69) is 34.4 Å². The minimum Gasteiger partial charge on any atom is -0.372 e. The highest BCUT2D eigenvalue weighted by Crippen LogP contribution is 2.61. The summed E-state index contributed by atoms with van der Waals surface area (Å²) in [4.78, 5) is 12.9. The molecule has 1 N–H and O–H groups in total. The Morgan fingerprint density at radius 1 is 1.22 bits per heavy atom. The first-order valence-electron chi connectivity index (χ1n) is 10.6. The Bertz CT molecular complexity index is 1120. The summed E-state index contributed by atoms with van der Waals surface area (Å²) < 4.78 is 24.1. The molecule has 2 unspecified atom stereocenters. The van der Waals surface area contributed by atoms with E-state index in [4.69, 9.17) is 16.3 Å². The summed E-state index contributed by atoms with van der Waals surface area (Å²) in [5, 5.41) is 8.78. The van der Waals surface area contributed by atoms with Crippen molar-refractivity contribution >= 4 is 28.5 Å². The molecule has 0 aliphatic heterocycles. The van der Waals surface area contributed by atoms with Gasteiger partial charge in [0.25, 0.3) is 0 Å². The molecule has 3 aromatic heterocycles. The van der Waals surface area contributed by atoms with Gasteiger partial charge in [0.15, 0.2) is 11.6 Å². The van der Waals surface area contributed by atoms with Crippen molar-refractivity contribution in [3.05, 3.63) is 47.6 Å². The van der Waals surface area contributed by atoms with E-state index in [9.17, 15) is 4.21 Å². The molecule has 2 aliphatic rings. The predicted octanol–water partition coefficient (Wildman–Crippen LogP) is 3.53. The average molecular weight is 474 g/mol. The zero-order valence-electron chi connectivity index (χ0n) is 17.8. The maximum atomic E-state index is 13.3. The number of nitrogens with one attached hydrogen (secondary N) is 1. The quantitative estimate of drug-likeness (QED) is 0.506.